The van der Waals surface area contributed by atoms with Crippen molar-refractivity contribution in [3.05, 3.63) is 71.8 Å². The van der Waals surface area contributed by atoms with Crippen molar-refractivity contribution in [3.8, 4) is 0 Å². The van der Waals surface area contributed by atoms with Crippen molar-refractivity contribution in [2.24, 2.45) is 0 Å². The van der Waals surface area contributed by atoms with Crippen LogP contribution in [0.15, 0.2) is 60.7 Å². The van der Waals surface area contributed by atoms with E-state index in [1.165, 1.54) is 48.5 Å². The van der Waals surface area contributed by atoms with E-state index in [4.69, 9.17) is 0 Å². The average Bonchev–Trinajstić information content (AvgIpc) is 2.66. The van der Waals surface area contributed by atoms with Crippen molar-refractivity contribution >= 4 is 11.8 Å². The Morgan fingerprint density at radius 1 is 0.655 bits per heavy atom. The second-order valence-corrected chi connectivity index (χ2v) is 6.10. The standard InChI is InChI=1S/C19H16F6N2O2/c20-18(21,22)16(28)26-14(12-7-3-1-4-8-12)11-15(13-9-5-2-6-10-13)27-17(29)19(23,24)25/h1-10,14-15H,11H2,(H,26,28)(H,27,29)/t14-,15-/m1/s1. The zero-order valence-electron chi connectivity index (χ0n) is 14.7. The molecule has 2 rings (SSSR count). The Labute approximate surface area is 161 Å². The highest BCUT2D eigenvalue weighted by Crippen LogP contribution is 2.29. The number of hydrogen-bond acceptors (Lipinski definition) is 2. The van der Waals surface area contributed by atoms with Gasteiger partial charge in [-0.25, -0.2) is 0 Å². The highest BCUT2D eigenvalue weighted by Gasteiger charge is 2.42. The molecule has 156 valence electrons. The van der Waals surface area contributed by atoms with E-state index < -0.39 is 42.7 Å². The molecule has 0 bridgehead atoms. The van der Waals surface area contributed by atoms with E-state index in [1.54, 1.807) is 22.8 Å². The third-order valence-corrected chi connectivity index (χ3v) is 4.00. The Kier molecular flexibility index (Phi) is 6.89. The summed E-state index contributed by atoms with van der Waals surface area (Å²) in [6.45, 7) is 0. The minimum Gasteiger partial charge on any atom is -0.341 e. The molecule has 2 N–H and O–H groups in total. The Morgan fingerprint density at radius 2 is 0.966 bits per heavy atom. The molecule has 0 saturated heterocycles. The molecule has 2 atom stereocenters. The van der Waals surface area contributed by atoms with Gasteiger partial charge in [0.15, 0.2) is 0 Å². The lowest BCUT2D eigenvalue weighted by molar-refractivity contribution is -0.175. The van der Waals surface area contributed by atoms with Crippen LogP contribution in [0.25, 0.3) is 0 Å². The molecule has 0 heterocycles. The molecule has 0 unspecified atom stereocenters. The molecule has 0 aliphatic carbocycles. The van der Waals surface area contributed by atoms with E-state index in [0.29, 0.717) is 0 Å². The van der Waals surface area contributed by atoms with Gasteiger partial charge in [0.05, 0.1) is 12.1 Å². The normalized spacial score (nSPS) is 14.0. The summed E-state index contributed by atoms with van der Waals surface area (Å²) < 4.78 is 76.3. The van der Waals surface area contributed by atoms with Gasteiger partial charge in [0.1, 0.15) is 0 Å². The predicted octanol–water partition coefficient (Wildman–Crippen LogP) is 4.22. The van der Waals surface area contributed by atoms with Crippen LogP contribution in [-0.4, -0.2) is 24.2 Å². The van der Waals surface area contributed by atoms with Crippen LogP contribution in [0.3, 0.4) is 0 Å². The molecule has 0 fully saturated rings. The number of benzene rings is 2. The van der Waals surface area contributed by atoms with Crippen molar-refractivity contribution in [2.45, 2.75) is 30.9 Å². The minimum atomic E-state index is -5.18. The van der Waals surface area contributed by atoms with E-state index >= 15 is 0 Å². The van der Waals surface area contributed by atoms with Gasteiger partial charge < -0.3 is 10.6 Å². The lowest BCUT2D eigenvalue weighted by atomic mass is 9.94. The summed E-state index contributed by atoms with van der Waals surface area (Å²) >= 11 is 0. The van der Waals surface area contributed by atoms with E-state index in [9.17, 15) is 35.9 Å². The number of carbonyl (C=O) groups excluding carboxylic acids is 2. The number of hydrogen-bond donors (Lipinski definition) is 2. The Bertz CT molecular complexity index is 753. The number of alkyl halides is 6. The number of amides is 2. The van der Waals surface area contributed by atoms with Crippen molar-refractivity contribution in [1.82, 2.24) is 10.6 Å². The first-order chi connectivity index (χ1) is 13.5. The Balaban J connectivity index is 2.36. The summed E-state index contributed by atoms with van der Waals surface area (Å²) in [5.74, 6) is -4.47. The van der Waals surface area contributed by atoms with Crippen molar-refractivity contribution in [1.29, 1.82) is 0 Å². The lowest BCUT2D eigenvalue weighted by Gasteiger charge is -2.27. The van der Waals surface area contributed by atoms with Gasteiger partial charge in [0, 0.05) is 0 Å². The fourth-order valence-electron chi connectivity index (χ4n) is 2.64. The monoisotopic (exact) mass is 418 g/mol. The molecule has 2 aromatic carbocycles. The number of nitrogens with one attached hydrogen (secondary N) is 2. The van der Waals surface area contributed by atoms with Gasteiger partial charge >= 0.3 is 24.2 Å². The topological polar surface area (TPSA) is 58.2 Å². The molecular weight excluding hydrogens is 402 g/mol. The van der Waals surface area contributed by atoms with Crippen LogP contribution in [0.5, 0.6) is 0 Å². The van der Waals surface area contributed by atoms with Crippen LogP contribution in [-0.2, 0) is 9.59 Å². The maximum atomic E-state index is 12.7. The highest BCUT2D eigenvalue weighted by atomic mass is 19.4. The van der Waals surface area contributed by atoms with Crippen LogP contribution >= 0.6 is 0 Å². The molecule has 0 aromatic heterocycles. The third kappa shape index (κ3) is 6.51. The zero-order chi connectivity index (χ0) is 21.7. The van der Waals surface area contributed by atoms with Crippen molar-refractivity contribution in [2.75, 3.05) is 0 Å². The van der Waals surface area contributed by atoms with Gasteiger partial charge in [-0.2, -0.15) is 26.3 Å². The quantitative estimate of drug-likeness (QED) is 0.691. The van der Waals surface area contributed by atoms with Gasteiger partial charge in [-0.15, -0.1) is 0 Å². The van der Waals surface area contributed by atoms with Gasteiger partial charge in [-0.3, -0.25) is 9.59 Å². The second kappa shape index (κ2) is 8.97. The van der Waals surface area contributed by atoms with Crippen LogP contribution in [0.2, 0.25) is 0 Å². The maximum absolute atomic E-state index is 12.7. The average molecular weight is 418 g/mol. The number of carbonyl (C=O) groups is 2. The van der Waals surface area contributed by atoms with Crippen LogP contribution in [0.1, 0.15) is 29.6 Å². The highest BCUT2D eigenvalue weighted by molar-refractivity contribution is 5.83. The maximum Gasteiger partial charge on any atom is 0.471 e. The van der Waals surface area contributed by atoms with Crippen LogP contribution in [0.4, 0.5) is 26.3 Å². The van der Waals surface area contributed by atoms with E-state index in [1.807, 2.05) is 0 Å². The lowest BCUT2D eigenvalue weighted by Crippen LogP contribution is -2.43. The van der Waals surface area contributed by atoms with Crippen molar-refractivity contribution in [3.63, 3.8) is 0 Å². The van der Waals surface area contributed by atoms with Crippen molar-refractivity contribution < 1.29 is 35.9 Å². The summed E-state index contributed by atoms with van der Waals surface area (Å²) in [5.41, 5.74) is 0.486. The molecule has 10 heteroatoms. The summed E-state index contributed by atoms with van der Waals surface area (Å²) in [7, 11) is 0. The molecule has 29 heavy (non-hydrogen) atoms. The molecule has 2 aromatic rings. The first-order valence-corrected chi connectivity index (χ1v) is 8.33. The van der Waals surface area contributed by atoms with Crippen LogP contribution < -0.4 is 10.6 Å². The molecular formula is C19H16F6N2O2. The van der Waals surface area contributed by atoms with Gasteiger partial charge in [-0.1, -0.05) is 60.7 Å². The van der Waals surface area contributed by atoms with Gasteiger partial charge in [-0.05, 0) is 17.5 Å². The molecule has 0 spiro atoms. The second-order valence-electron chi connectivity index (χ2n) is 6.10. The molecule has 0 saturated carbocycles. The number of halogens is 6. The number of rotatable bonds is 6. The fourth-order valence-corrected chi connectivity index (χ4v) is 2.64. The summed E-state index contributed by atoms with van der Waals surface area (Å²) in [4.78, 5) is 22.9. The first kappa shape index (κ1) is 22.3. The Hall–Kier alpha value is -3.04. The summed E-state index contributed by atoms with van der Waals surface area (Å²) in [5, 5.41) is 3.58. The fraction of sp³-hybridized carbons (Fsp3) is 0.263. The van der Waals surface area contributed by atoms with Gasteiger partial charge in [0.25, 0.3) is 0 Å². The van der Waals surface area contributed by atoms with E-state index in [0.717, 1.165) is 0 Å². The zero-order valence-corrected chi connectivity index (χ0v) is 14.7. The van der Waals surface area contributed by atoms with Crippen LogP contribution in [0, 0.1) is 0 Å². The smallest absolute Gasteiger partial charge is 0.341 e. The summed E-state index contributed by atoms with van der Waals surface area (Å²) in [6, 6.07) is 12.3. The third-order valence-electron chi connectivity index (χ3n) is 4.00. The largest absolute Gasteiger partial charge is 0.471 e. The first-order valence-electron chi connectivity index (χ1n) is 8.33. The molecule has 0 aliphatic rings. The summed E-state index contributed by atoms with van der Waals surface area (Å²) in [6.07, 6.45) is -10.8. The van der Waals surface area contributed by atoms with E-state index in [-0.39, 0.29) is 11.1 Å². The minimum absolute atomic E-state index is 0.243. The molecule has 0 radical (unpaired) electrons. The predicted molar refractivity (Wildman–Crippen MR) is 91.4 cm³/mol. The molecule has 0 aliphatic heterocycles. The SMILES string of the molecule is O=C(N[C@H](C[C@@H](NC(=O)C(F)(F)F)c1ccccc1)c1ccccc1)C(F)(F)F. The Morgan fingerprint density at radius 3 is 1.24 bits per heavy atom. The van der Waals surface area contributed by atoms with Gasteiger partial charge in [0.2, 0.25) is 0 Å². The molecule has 2 amide bonds. The molecule has 4 nitrogen and oxygen atoms in total. The van der Waals surface area contributed by atoms with E-state index in [2.05, 4.69) is 0 Å².